The van der Waals surface area contributed by atoms with Gasteiger partial charge < -0.3 is 19.3 Å². The number of nitrogens with zero attached hydrogens (tertiary/aromatic N) is 1. The van der Waals surface area contributed by atoms with Crippen LogP contribution in [0.5, 0.6) is 0 Å². The Morgan fingerprint density at radius 2 is 2.23 bits per heavy atom. The van der Waals surface area contributed by atoms with Crippen LogP contribution >= 0.6 is 6.72 Å². The van der Waals surface area contributed by atoms with Crippen molar-refractivity contribution < 1.29 is 23.8 Å². The predicted molar refractivity (Wildman–Crippen MR) is 79.9 cm³/mol. The van der Waals surface area contributed by atoms with Gasteiger partial charge in [0, 0.05) is 19.4 Å². The van der Waals surface area contributed by atoms with Crippen molar-refractivity contribution in [1.29, 1.82) is 0 Å². The monoisotopic (exact) mass is 352 g/mol. The maximum absolute atomic E-state index is 11.8. The zero-order valence-corrected chi connectivity index (χ0v) is 13.6. The summed E-state index contributed by atoms with van der Waals surface area (Å²) in [5.74, 6) is 0. The average molecular weight is 352 g/mol. The molecule has 2 unspecified atom stereocenters. The highest BCUT2D eigenvalue weighted by Gasteiger charge is 2.47. The summed E-state index contributed by atoms with van der Waals surface area (Å²) in [6, 6.07) is 1.14. The summed E-state index contributed by atoms with van der Waals surface area (Å²) in [6.45, 7) is -1.71. The van der Waals surface area contributed by atoms with Crippen molar-refractivity contribution in [3.63, 3.8) is 0 Å². The lowest BCUT2D eigenvalue weighted by Crippen LogP contribution is -2.38. The Bertz CT molecular complexity index is 690. The van der Waals surface area contributed by atoms with Crippen molar-refractivity contribution in [2.75, 3.05) is 7.11 Å². The van der Waals surface area contributed by atoms with E-state index >= 15 is 0 Å². The van der Waals surface area contributed by atoms with E-state index in [1.807, 2.05) is 0 Å². The first-order chi connectivity index (χ1) is 10.3. The first-order valence-electron chi connectivity index (χ1n) is 6.51. The summed E-state index contributed by atoms with van der Waals surface area (Å²) >= 11 is 4.77. The number of nitrogens with one attached hydrogen (secondary N) is 1. The van der Waals surface area contributed by atoms with E-state index in [1.54, 1.807) is 6.92 Å². The second-order valence-corrected chi connectivity index (χ2v) is 7.60. The van der Waals surface area contributed by atoms with E-state index in [1.165, 1.54) is 13.3 Å². The van der Waals surface area contributed by atoms with Crippen molar-refractivity contribution in [2.45, 2.75) is 37.9 Å². The van der Waals surface area contributed by atoms with Gasteiger partial charge >= 0.3 is 12.4 Å². The fraction of sp³-hybridized carbons (Fsp3) is 0.636. The summed E-state index contributed by atoms with van der Waals surface area (Å²) < 4.78 is 16.6. The molecule has 2 heterocycles. The highest BCUT2D eigenvalue weighted by atomic mass is 32.5. The zero-order chi connectivity index (χ0) is 16.5. The minimum absolute atomic E-state index is 0.454. The van der Waals surface area contributed by atoms with Gasteiger partial charge in [-0.1, -0.05) is 6.92 Å². The number of H-pyrrole nitrogens is 1. The molecular formula is C11H17N2O7PS. The molecule has 0 aromatic carbocycles. The summed E-state index contributed by atoms with van der Waals surface area (Å²) in [5.41, 5.74) is -1.28. The van der Waals surface area contributed by atoms with Crippen LogP contribution < -0.4 is 11.2 Å². The van der Waals surface area contributed by atoms with E-state index in [9.17, 15) is 19.6 Å². The molecule has 1 saturated heterocycles. The minimum Gasteiger partial charge on any atom is -0.386 e. The number of rotatable bonds is 5. The average Bonchev–Trinajstić information content (AvgIpc) is 2.76. The number of ether oxygens (including phenoxy) is 1. The number of hydrogen-bond donors (Lipinski definition) is 3. The number of aliphatic hydroxyl groups excluding tert-OH is 1. The van der Waals surface area contributed by atoms with Gasteiger partial charge in [-0.3, -0.25) is 18.9 Å². The van der Waals surface area contributed by atoms with E-state index in [0.29, 0.717) is 6.42 Å². The molecule has 1 aliphatic heterocycles. The topological polar surface area (TPSA) is 123 Å². The van der Waals surface area contributed by atoms with Gasteiger partial charge in [-0.05, 0) is 18.2 Å². The first-order valence-corrected chi connectivity index (χ1v) is 9.10. The Hall–Kier alpha value is -0.870. The number of aromatic amines is 1. The molecule has 5 atom stereocenters. The van der Waals surface area contributed by atoms with Gasteiger partial charge in [-0.25, -0.2) is 4.79 Å². The second kappa shape index (κ2) is 6.71. The van der Waals surface area contributed by atoms with Gasteiger partial charge in [0.25, 0.3) is 5.56 Å². The Kier molecular flexibility index (Phi) is 5.33. The highest BCUT2D eigenvalue weighted by Crippen LogP contribution is 2.48. The first kappa shape index (κ1) is 17.5. The van der Waals surface area contributed by atoms with E-state index in [2.05, 4.69) is 4.98 Å². The standard InChI is InChI=1S/C11H17N2O7PS/c1-3-6-9(20-21(17,22)18-2)8(15)10(19-6)13-5-4-7(14)12-11(13)16/h4-6,8-10,15H,3H2,1-2H3,(H,17,22)(H,12,14,16)/t6-,8?,9+,10-,21?/m1/s1. The quantitative estimate of drug-likeness (QED) is 0.604. The molecule has 3 N–H and O–H groups in total. The van der Waals surface area contributed by atoms with E-state index in [0.717, 1.165) is 10.6 Å². The predicted octanol–water partition coefficient (Wildman–Crippen LogP) is -0.547. The Morgan fingerprint density at radius 3 is 2.77 bits per heavy atom. The molecule has 0 amide bonds. The molecule has 1 aromatic heterocycles. The van der Waals surface area contributed by atoms with Gasteiger partial charge in [0.1, 0.15) is 12.2 Å². The molecule has 124 valence electrons. The molecule has 1 fully saturated rings. The van der Waals surface area contributed by atoms with Crippen molar-refractivity contribution in [1.82, 2.24) is 9.55 Å². The van der Waals surface area contributed by atoms with Crippen molar-refractivity contribution >= 4 is 18.5 Å². The third-order valence-corrected chi connectivity index (χ3v) is 5.00. The number of aromatic nitrogens is 2. The minimum atomic E-state index is -3.50. The Balaban J connectivity index is 2.31. The number of aliphatic hydroxyl groups is 1. The molecule has 0 radical (unpaired) electrons. The fourth-order valence-corrected chi connectivity index (χ4v) is 3.18. The Labute approximate surface area is 130 Å². The van der Waals surface area contributed by atoms with Crippen molar-refractivity contribution in [3.8, 4) is 0 Å². The van der Waals surface area contributed by atoms with Crippen LogP contribution in [0.25, 0.3) is 0 Å². The van der Waals surface area contributed by atoms with E-state index in [-0.39, 0.29) is 0 Å². The van der Waals surface area contributed by atoms with E-state index < -0.39 is 42.5 Å². The second-order valence-electron chi connectivity index (χ2n) is 4.70. The zero-order valence-electron chi connectivity index (χ0n) is 11.9. The van der Waals surface area contributed by atoms with Gasteiger partial charge in [0.05, 0.1) is 6.10 Å². The van der Waals surface area contributed by atoms with Crippen LogP contribution in [0.4, 0.5) is 0 Å². The number of hydrogen-bond acceptors (Lipinski definition) is 7. The molecule has 0 saturated carbocycles. The maximum atomic E-state index is 11.8. The SMILES string of the molecule is CC[C@H]1O[C@@H](n2ccc(=O)[nH]c2=O)C(O)[C@H]1OP(O)(=S)OC. The third kappa shape index (κ3) is 3.54. The summed E-state index contributed by atoms with van der Waals surface area (Å²) in [7, 11) is 1.20. The smallest absolute Gasteiger partial charge is 0.330 e. The molecule has 0 spiro atoms. The van der Waals surface area contributed by atoms with Crippen LogP contribution in [0.15, 0.2) is 21.9 Å². The normalized spacial score (nSPS) is 31.1. The van der Waals surface area contributed by atoms with Gasteiger partial charge in [-0.2, -0.15) is 0 Å². The molecule has 2 rings (SSSR count). The van der Waals surface area contributed by atoms with Crippen LogP contribution in [0, 0.1) is 0 Å². The van der Waals surface area contributed by atoms with Crippen LogP contribution in [0.2, 0.25) is 0 Å². The van der Waals surface area contributed by atoms with Crippen LogP contribution in [-0.2, 0) is 25.6 Å². The third-order valence-electron chi connectivity index (χ3n) is 3.32. The molecule has 11 heteroatoms. The van der Waals surface area contributed by atoms with Crippen LogP contribution in [-0.4, -0.2) is 45.0 Å². The largest absolute Gasteiger partial charge is 0.386 e. The van der Waals surface area contributed by atoms with E-state index in [4.69, 9.17) is 25.6 Å². The lowest BCUT2D eigenvalue weighted by molar-refractivity contribution is -0.0404. The molecule has 9 nitrogen and oxygen atoms in total. The van der Waals surface area contributed by atoms with Crippen molar-refractivity contribution in [3.05, 3.63) is 33.1 Å². The highest BCUT2D eigenvalue weighted by molar-refractivity contribution is 8.07. The summed E-state index contributed by atoms with van der Waals surface area (Å²) in [4.78, 5) is 34.7. The maximum Gasteiger partial charge on any atom is 0.330 e. The molecule has 0 aliphatic carbocycles. The molecular weight excluding hydrogens is 335 g/mol. The van der Waals surface area contributed by atoms with Gasteiger partial charge in [0.2, 0.25) is 0 Å². The van der Waals surface area contributed by atoms with Gasteiger partial charge in [0.15, 0.2) is 6.23 Å². The molecule has 0 bridgehead atoms. The lowest BCUT2D eigenvalue weighted by Gasteiger charge is -2.23. The lowest BCUT2D eigenvalue weighted by atomic mass is 10.1. The Morgan fingerprint density at radius 1 is 1.55 bits per heavy atom. The van der Waals surface area contributed by atoms with Crippen LogP contribution in [0.1, 0.15) is 19.6 Å². The molecule has 1 aliphatic rings. The molecule has 22 heavy (non-hydrogen) atoms. The molecule has 1 aromatic rings. The van der Waals surface area contributed by atoms with Crippen LogP contribution in [0.3, 0.4) is 0 Å². The van der Waals surface area contributed by atoms with Gasteiger partial charge in [-0.15, -0.1) is 0 Å². The summed E-state index contributed by atoms with van der Waals surface area (Å²) in [6.07, 6.45) is -2.21. The summed E-state index contributed by atoms with van der Waals surface area (Å²) in [5, 5.41) is 10.4. The van der Waals surface area contributed by atoms with Crippen molar-refractivity contribution in [2.24, 2.45) is 0 Å². The fourth-order valence-electron chi connectivity index (χ4n) is 2.23.